The number of amides is 1. The van der Waals surface area contributed by atoms with Gasteiger partial charge in [-0.05, 0) is 25.0 Å². The van der Waals surface area contributed by atoms with Crippen LogP contribution in [0.5, 0.6) is 0 Å². The Hall–Kier alpha value is -1.42. The molecule has 0 aliphatic carbocycles. The second kappa shape index (κ2) is 5.46. The monoisotopic (exact) mass is 207 g/mol. The molecule has 1 rings (SSSR count). The van der Waals surface area contributed by atoms with Crippen molar-refractivity contribution in [3.63, 3.8) is 0 Å². The van der Waals surface area contributed by atoms with E-state index < -0.39 is 6.04 Å². The molecule has 82 valence electrons. The van der Waals surface area contributed by atoms with Crippen molar-refractivity contribution in [3.8, 4) is 0 Å². The first-order chi connectivity index (χ1) is 7.15. The van der Waals surface area contributed by atoms with Crippen LogP contribution in [-0.4, -0.2) is 16.9 Å². The van der Waals surface area contributed by atoms with Crippen molar-refractivity contribution in [3.05, 3.63) is 29.6 Å². The van der Waals surface area contributed by atoms with Gasteiger partial charge in [-0.2, -0.15) is 0 Å². The molecule has 15 heavy (non-hydrogen) atoms. The van der Waals surface area contributed by atoms with Crippen LogP contribution in [0.1, 0.15) is 25.1 Å². The minimum atomic E-state index is -0.473. The molecular weight excluding hydrogens is 190 g/mol. The fourth-order valence-electron chi connectivity index (χ4n) is 1.28. The van der Waals surface area contributed by atoms with Crippen LogP contribution in [0.2, 0.25) is 0 Å². The van der Waals surface area contributed by atoms with Crippen LogP contribution in [0, 0.1) is 0 Å². The summed E-state index contributed by atoms with van der Waals surface area (Å²) in [5, 5.41) is 2.75. The minimum Gasteiger partial charge on any atom is -0.349 e. The van der Waals surface area contributed by atoms with Crippen molar-refractivity contribution < 1.29 is 4.79 Å². The quantitative estimate of drug-likeness (QED) is 0.760. The number of pyridine rings is 1. The van der Waals surface area contributed by atoms with Crippen LogP contribution in [0.25, 0.3) is 0 Å². The summed E-state index contributed by atoms with van der Waals surface area (Å²) in [4.78, 5) is 15.5. The zero-order chi connectivity index (χ0) is 11.3. The van der Waals surface area contributed by atoms with Gasteiger partial charge in [-0.15, -0.1) is 0 Å². The van der Waals surface area contributed by atoms with Gasteiger partial charge in [0, 0.05) is 6.20 Å². The predicted molar refractivity (Wildman–Crippen MR) is 59.1 cm³/mol. The van der Waals surface area contributed by atoms with Gasteiger partial charge in [-0.25, -0.2) is 0 Å². The van der Waals surface area contributed by atoms with Gasteiger partial charge in [0.15, 0.2) is 0 Å². The number of carbonyl (C=O) groups excluding carboxylic acids is 1. The fourth-order valence-corrected chi connectivity index (χ4v) is 1.28. The van der Waals surface area contributed by atoms with E-state index in [0.717, 1.165) is 17.7 Å². The Bertz CT molecular complexity index is 336. The average molecular weight is 207 g/mol. The topological polar surface area (TPSA) is 68.0 Å². The van der Waals surface area contributed by atoms with E-state index in [-0.39, 0.29) is 5.91 Å². The van der Waals surface area contributed by atoms with E-state index in [1.54, 1.807) is 13.1 Å². The third kappa shape index (κ3) is 3.32. The number of rotatable bonds is 4. The maximum absolute atomic E-state index is 11.3. The minimum absolute atomic E-state index is 0.150. The Morgan fingerprint density at radius 1 is 1.67 bits per heavy atom. The molecule has 0 aromatic carbocycles. The molecule has 0 spiro atoms. The van der Waals surface area contributed by atoms with Crippen LogP contribution in [0.15, 0.2) is 18.3 Å². The fraction of sp³-hybridized carbons (Fsp3) is 0.455. The molecule has 3 N–H and O–H groups in total. The van der Waals surface area contributed by atoms with Crippen LogP contribution >= 0.6 is 0 Å². The standard InChI is InChI=1S/C11H17N3O/c1-3-9-5-4-6-13-10(9)7-14-11(15)8(2)12/h4-6,8H,3,7,12H2,1-2H3,(H,14,15)/t8-/m1/s1. The molecular formula is C11H17N3O. The van der Waals surface area contributed by atoms with Crippen molar-refractivity contribution in [2.24, 2.45) is 5.73 Å². The molecule has 0 bridgehead atoms. The van der Waals surface area contributed by atoms with Crippen molar-refractivity contribution in [2.45, 2.75) is 32.9 Å². The number of nitrogens with one attached hydrogen (secondary N) is 1. The predicted octanol–water partition coefficient (Wildman–Crippen LogP) is 0.607. The summed E-state index contributed by atoms with van der Waals surface area (Å²) in [5.41, 5.74) is 7.50. The highest BCUT2D eigenvalue weighted by atomic mass is 16.2. The Morgan fingerprint density at radius 3 is 3.00 bits per heavy atom. The van der Waals surface area contributed by atoms with Gasteiger partial charge in [0.25, 0.3) is 0 Å². The van der Waals surface area contributed by atoms with E-state index in [1.807, 2.05) is 12.1 Å². The summed E-state index contributed by atoms with van der Waals surface area (Å²) >= 11 is 0. The van der Waals surface area contributed by atoms with Crippen LogP contribution in [0.3, 0.4) is 0 Å². The first kappa shape index (κ1) is 11.7. The van der Waals surface area contributed by atoms with E-state index in [9.17, 15) is 4.79 Å². The Kier molecular flexibility index (Phi) is 4.24. The van der Waals surface area contributed by atoms with E-state index in [0.29, 0.717) is 6.54 Å². The molecule has 0 aliphatic rings. The lowest BCUT2D eigenvalue weighted by molar-refractivity contribution is -0.122. The third-order valence-corrected chi connectivity index (χ3v) is 2.21. The van der Waals surface area contributed by atoms with Crippen LogP contribution < -0.4 is 11.1 Å². The number of nitrogens with two attached hydrogens (primary N) is 1. The van der Waals surface area contributed by atoms with Crippen molar-refractivity contribution in [2.75, 3.05) is 0 Å². The summed E-state index contributed by atoms with van der Waals surface area (Å²) in [6, 6.07) is 3.44. The number of hydrogen-bond donors (Lipinski definition) is 2. The largest absolute Gasteiger partial charge is 0.349 e. The third-order valence-electron chi connectivity index (χ3n) is 2.21. The highest BCUT2D eigenvalue weighted by Gasteiger charge is 2.08. The summed E-state index contributed by atoms with van der Waals surface area (Å²) in [5.74, 6) is -0.150. The van der Waals surface area contributed by atoms with Crippen LogP contribution in [-0.2, 0) is 17.8 Å². The van der Waals surface area contributed by atoms with Gasteiger partial charge in [0.1, 0.15) is 0 Å². The second-order valence-electron chi connectivity index (χ2n) is 3.47. The zero-order valence-corrected chi connectivity index (χ0v) is 9.16. The van der Waals surface area contributed by atoms with Gasteiger partial charge in [-0.3, -0.25) is 9.78 Å². The number of carbonyl (C=O) groups is 1. The highest BCUT2D eigenvalue weighted by Crippen LogP contribution is 2.05. The number of nitrogens with zero attached hydrogens (tertiary/aromatic N) is 1. The Balaban J connectivity index is 2.61. The summed E-state index contributed by atoms with van der Waals surface area (Å²) < 4.78 is 0. The molecule has 1 amide bonds. The van der Waals surface area contributed by atoms with Gasteiger partial charge < -0.3 is 11.1 Å². The van der Waals surface area contributed by atoms with Gasteiger partial charge >= 0.3 is 0 Å². The highest BCUT2D eigenvalue weighted by molar-refractivity contribution is 5.80. The lowest BCUT2D eigenvalue weighted by Crippen LogP contribution is -2.38. The maximum Gasteiger partial charge on any atom is 0.236 e. The molecule has 0 radical (unpaired) electrons. The molecule has 0 unspecified atom stereocenters. The number of hydrogen-bond acceptors (Lipinski definition) is 3. The normalized spacial score (nSPS) is 12.2. The molecule has 1 aromatic rings. The van der Waals surface area contributed by atoms with Gasteiger partial charge in [0.2, 0.25) is 5.91 Å². The first-order valence-electron chi connectivity index (χ1n) is 5.11. The van der Waals surface area contributed by atoms with Gasteiger partial charge in [0.05, 0.1) is 18.3 Å². The van der Waals surface area contributed by atoms with E-state index >= 15 is 0 Å². The Morgan fingerprint density at radius 2 is 2.40 bits per heavy atom. The van der Waals surface area contributed by atoms with Crippen molar-refractivity contribution in [1.82, 2.24) is 10.3 Å². The Labute approximate surface area is 89.9 Å². The molecule has 0 aliphatic heterocycles. The number of aromatic nitrogens is 1. The smallest absolute Gasteiger partial charge is 0.236 e. The van der Waals surface area contributed by atoms with Crippen molar-refractivity contribution in [1.29, 1.82) is 0 Å². The molecule has 4 heteroatoms. The summed E-state index contributed by atoms with van der Waals surface area (Å²) in [7, 11) is 0. The molecule has 4 nitrogen and oxygen atoms in total. The molecule has 0 fully saturated rings. The van der Waals surface area contributed by atoms with E-state index in [1.165, 1.54) is 0 Å². The molecule has 0 saturated carbocycles. The van der Waals surface area contributed by atoms with Crippen molar-refractivity contribution >= 4 is 5.91 Å². The van der Waals surface area contributed by atoms with Crippen LogP contribution in [0.4, 0.5) is 0 Å². The zero-order valence-electron chi connectivity index (χ0n) is 9.16. The molecule has 0 saturated heterocycles. The SMILES string of the molecule is CCc1cccnc1CNC(=O)[C@@H](C)N. The lowest BCUT2D eigenvalue weighted by Gasteiger charge is -2.09. The average Bonchev–Trinajstić information content (AvgIpc) is 2.26. The summed E-state index contributed by atoms with van der Waals surface area (Å²) in [6.45, 7) is 4.17. The first-order valence-corrected chi connectivity index (χ1v) is 5.11. The maximum atomic E-state index is 11.3. The second-order valence-corrected chi connectivity index (χ2v) is 3.47. The molecule has 1 atom stereocenters. The molecule has 1 heterocycles. The summed E-state index contributed by atoms with van der Waals surface area (Å²) in [6.07, 6.45) is 2.64. The molecule has 1 aromatic heterocycles. The van der Waals surface area contributed by atoms with E-state index in [4.69, 9.17) is 5.73 Å². The lowest BCUT2D eigenvalue weighted by atomic mass is 10.1. The van der Waals surface area contributed by atoms with Gasteiger partial charge in [-0.1, -0.05) is 13.0 Å². The van der Waals surface area contributed by atoms with E-state index in [2.05, 4.69) is 17.2 Å². The number of aryl methyl sites for hydroxylation is 1.